The van der Waals surface area contributed by atoms with Gasteiger partial charge in [0.2, 0.25) is 0 Å². The number of furan rings is 1. The molecule has 4 heteroatoms. The van der Waals surface area contributed by atoms with Crippen molar-refractivity contribution < 1.29 is 4.42 Å². The Morgan fingerprint density at radius 3 is 3.14 bits per heavy atom. The van der Waals surface area contributed by atoms with Gasteiger partial charge in [-0.25, -0.2) is 5.10 Å². The van der Waals surface area contributed by atoms with Crippen LogP contribution in [0.5, 0.6) is 0 Å². The highest BCUT2D eigenvalue weighted by Gasteiger charge is 2.03. The van der Waals surface area contributed by atoms with Crippen LogP contribution in [0.4, 0.5) is 0 Å². The maximum atomic E-state index is 11.3. The highest BCUT2D eigenvalue weighted by molar-refractivity contribution is 5.18. The number of aryl methyl sites for hydroxylation is 1. The van der Waals surface area contributed by atoms with E-state index in [4.69, 9.17) is 4.42 Å². The van der Waals surface area contributed by atoms with Gasteiger partial charge in [0.1, 0.15) is 5.76 Å². The molecule has 0 amide bonds. The van der Waals surface area contributed by atoms with Crippen LogP contribution in [-0.4, -0.2) is 10.2 Å². The second-order valence-electron chi connectivity index (χ2n) is 3.12. The summed E-state index contributed by atoms with van der Waals surface area (Å²) in [4.78, 5) is 11.3. The third kappa shape index (κ3) is 1.74. The van der Waals surface area contributed by atoms with Gasteiger partial charge in [0.25, 0.3) is 5.56 Å². The zero-order valence-electron chi connectivity index (χ0n) is 7.78. The molecule has 14 heavy (non-hydrogen) atoms. The number of hydrogen-bond acceptors (Lipinski definition) is 3. The second kappa shape index (κ2) is 3.49. The molecular weight excluding hydrogens is 180 g/mol. The molecule has 2 aromatic rings. The van der Waals surface area contributed by atoms with Crippen molar-refractivity contribution in [1.82, 2.24) is 10.2 Å². The molecule has 0 aliphatic heterocycles. The van der Waals surface area contributed by atoms with E-state index in [0.29, 0.717) is 12.0 Å². The number of H-pyrrole nitrogens is 1. The first-order chi connectivity index (χ1) is 6.75. The molecule has 0 bridgehead atoms. The van der Waals surface area contributed by atoms with E-state index in [1.54, 1.807) is 18.4 Å². The normalized spacial score (nSPS) is 10.4. The summed E-state index contributed by atoms with van der Waals surface area (Å²) in [6, 6.07) is 5.41. The highest BCUT2D eigenvalue weighted by Crippen LogP contribution is 2.06. The van der Waals surface area contributed by atoms with Gasteiger partial charge in [-0.15, -0.1) is 0 Å². The summed E-state index contributed by atoms with van der Waals surface area (Å²) in [7, 11) is 0. The number of nitrogens with zero attached hydrogens (tertiary/aromatic N) is 1. The summed E-state index contributed by atoms with van der Waals surface area (Å²) >= 11 is 0. The first kappa shape index (κ1) is 8.74. The van der Waals surface area contributed by atoms with E-state index in [0.717, 1.165) is 11.5 Å². The Labute approximate surface area is 80.6 Å². The topological polar surface area (TPSA) is 58.9 Å². The number of hydrogen-bond donors (Lipinski definition) is 1. The van der Waals surface area contributed by atoms with Crippen LogP contribution in [0.25, 0.3) is 0 Å². The summed E-state index contributed by atoms with van der Waals surface area (Å²) in [5, 5.41) is 6.23. The van der Waals surface area contributed by atoms with Gasteiger partial charge in [0.15, 0.2) is 0 Å². The van der Waals surface area contributed by atoms with E-state index in [9.17, 15) is 4.79 Å². The van der Waals surface area contributed by atoms with Crippen molar-refractivity contribution in [1.29, 1.82) is 0 Å². The lowest BCUT2D eigenvalue weighted by atomic mass is 10.1. The van der Waals surface area contributed by atoms with E-state index >= 15 is 0 Å². The minimum atomic E-state index is -0.160. The Kier molecular flexibility index (Phi) is 2.18. The van der Waals surface area contributed by atoms with Crippen LogP contribution >= 0.6 is 0 Å². The molecule has 0 aromatic carbocycles. The predicted molar refractivity (Wildman–Crippen MR) is 51.1 cm³/mol. The Bertz CT molecular complexity index is 471. The summed E-state index contributed by atoms with van der Waals surface area (Å²) in [5.74, 6) is 0.779. The molecule has 0 saturated heterocycles. The molecule has 2 aromatic heterocycles. The lowest BCUT2D eigenvalue weighted by Crippen LogP contribution is -2.14. The average Bonchev–Trinajstić information content (AvgIpc) is 2.64. The molecule has 2 heterocycles. The van der Waals surface area contributed by atoms with Crippen LogP contribution in [0.3, 0.4) is 0 Å². The Morgan fingerprint density at radius 2 is 2.43 bits per heavy atom. The minimum absolute atomic E-state index is 0.160. The van der Waals surface area contributed by atoms with Gasteiger partial charge in [-0.1, -0.05) is 0 Å². The van der Waals surface area contributed by atoms with Crippen molar-refractivity contribution in [3.63, 3.8) is 0 Å². The van der Waals surface area contributed by atoms with Gasteiger partial charge in [-0.2, -0.15) is 5.10 Å². The fourth-order valence-electron chi connectivity index (χ4n) is 1.29. The SMILES string of the molecule is Cc1cc(Cc2ccco2)c(=O)[nH]n1. The molecule has 0 fully saturated rings. The summed E-state index contributed by atoms with van der Waals surface area (Å²) < 4.78 is 5.16. The fourth-order valence-corrected chi connectivity index (χ4v) is 1.29. The molecule has 0 aliphatic rings. The smallest absolute Gasteiger partial charge is 0.267 e. The van der Waals surface area contributed by atoms with Gasteiger partial charge in [-0.3, -0.25) is 4.79 Å². The van der Waals surface area contributed by atoms with Crippen LogP contribution in [0.2, 0.25) is 0 Å². The van der Waals surface area contributed by atoms with Crippen LogP contribution < -0.4 is 5.56 Å². The van der Waals surface area contributed by atoms with E-state index in [2.05, 4.69) is 10.2 Å². The standard InChI is InChI=1S/C10H10N2O2/c1-7-5-8(10(13)12-11-7)6-9-3-2-4-14-9/h2-5H,6H2,1H3,(H,12,13). The average molecular weight is 190 g/mol. The van der Waals surface area contributed by atoms with Gasteiger partial charge >= 0.3 is 0 Å². The summed E-state index contributed by atoms with van der Waals surface area (Å²) in [6.45, 7) is 1.83. The van der Waals surface area contributed by atoms with Gasteiger partial charge in [0.05, 0.1) is 12.0 Å². The van der Waals surface area contributed by atoms with Crippen LogP contribution in [0, 0.1) is 6.92 Å². The van der Waals surface area contributed by atoms with Crippen molar-refractivity contribution in [2.24, 2.45) is 0 Å². The van der Waals surface area contributed by atoms with Gasteiger partial charge < -0.3 is 4.42 Å². The molecule has 0 spiro atoms. The first-order valence-electron chi connectivity index (χ1n) is 4.33. The highest BCUT2D eigenvalue weighted by atomic mass is 16.3. The maximum Gasteiger partial charge on any atom is 0.267 e. The molecule has 0 aliphatic carbocycles. The van der Waals surface area contributed by atoms with E-state index in [1.165, 1.54) is 0 Å². The van der Waals surface area contributed by atoms with Crippen LogP contribution in [-0.2, 0) is 6.42 Å². The van der Waals surface area contributed by atoms with Crippen molar-refractivity contribution >= 4 is 0 Å². The van der Waals surface area contributed by atoms with Crippen molar-refractivity contribution in [3.05, 3.63) is 51.8 Å². The number of aromatic nitrogens is 2. The van der Waals surface area contributed by atoms with Gasteiger partial charge in [0, 0.05) is 12.0 Å². The van der Waals surface area contributed by atoms with Crippen molar-refractivity contribution in [2.75, 3.05) is 0 Å². The third-order valence-corrected chi connectivity index (χ3v) is 1.95. The quantitative estimate of drug-likeness (QED) is 0.775. The zero-order valence-corrected chi connectivity index (χ0v) is 7.78. The lowest BCUT2D eigenvalue weighted by Gasteiger charge is -1.97. The van der Waals surface area contributed by atoms with E-state index < -0.39 is 0 Å². The molecule has 0 radical (unpaired) electrons. The minimum Gasteiger partial charge on any atom is -0.469 e. The second-order valence-corrected chi connectivity index (χ2v) is 3.12. The Morgan fingerprint density at radius 1 is 1.57 bits per heavy atom. The molecule has 72 valence electrons. The zero-order chi connectivity index (χ0) is 9.97. The molecule has 0 saturated carbocycles. The van der Waals surface area contributed by atoms with Crippen molar-refractivity contribution in [3.8, 4) is 0 Å². The number of nitrogens with one attached hydrogen (secondary N) is 1. The Hall–Kier alpha value is -1.84. The summed E-state index contributed by atoms with van der Waals surface area (Å²) in [5.41, 5.74) is 1.31. The lowest BCUT2D eigenvalue weighted by molar-refractivity contribution is 0.520. The summed E-state index contributed by atoms with van der Waals surface area (Å²) in [6.07, 6.45) is 2.10. The van der Waals surface area contributed by atoms with Gasteiger partial charge in [-0.05, 0) is 25.1 Å². The number of rotatable bonds is 2. The molecule has 1 N–H and O–H groups in total. The predicted octanol–water partition coefficient (Wildman–Crippen LogP) is 1.26. The molecule has 2 rings (SSSR count). The molecule has 0 atom stereocenters. The molecule has 4 nitrogen and oxygen atoms in total. The van der Waals surface area contributed by atoms with Crippen LogP contribution in [0.15, 0.2) is 33.7 Å². The van der Waals surface area contributed by atoms with Crippen LogP contribution in [0.1, 0.15) is 17.0 Å². The first-order valence-corrected chi connectivity index (χ1v) is 4.33. The third-order valence-electron chi connectivity index (χ3n) is 1.95. The molecule has 0 unspecified atom stereocenters. The Balaban J connectivity index is 2.33. The molecular formula is C10H10N2O2. The van der Waals surface area contributed by atoms with E-state index in [1.807, 2.05) is 13.0 Å². The van der Waals surface area contributed by atoms with Crippen molar-refractivity contribution in [2.45, 2.75) is 13.3 Å². The monoisotopic (exact) mass is 190 g/mol. The number of aromatic amines is 1. The maximum absolute atomic E-state index is 11.3. The fraction of sp³-hybridized carbons (Fsp3) is 0.200. The largest absolute Gasteiger partial charge is 0.469 e. The van der Waals surface area contributed by atoms with E-state index in [-0.39, 0.29) is 5.56 Å².